The van der Waals surface area contributed by atoms with Gasteiger partial charge in [0.1, 0.15) is 12.4 Å². The van der Waals surface area contributed by atoms with Crippen molar-refractivity contribution in [2.75, 3.05) is 26.8 Å². The molecule has 1 heterocycles. The quantitative estimate of drug-likeness (QED) is 0.709. The van der Waals surface area contributed by atoms with E-state index in [9.17, 15) is 4.79 Å². The summed E-state index contributed by atoms with van der Waals surface area (Å²) in [5.74, 6) is 2.21. The number of para-hydroxylation sites is 2. The van der Waals surface area contributed by atoms with Crippen LogP contribution in [-0.4, -0.2) is 43.7 Å². The van der Waals surface area contributed by atoms with E-state index in [1.165, 1.54) is 0 Å². The van der Waals surface area contributed by atoms with Gasteiger partial charge in [0, 0.05) is 12.6 Å². The number of likely N-dealkylation sites (N-methyl/N-ethyl adjacent to an activating group) is 1. The molecule has 0 fully saturated rings. The van der Waals surface area contributed by atoms with Gasteiger partial charge in [-0.2, -0.15) is 0 Å². The second-order valence-corrected chi connectivity index (χ2v) is 6.41. The van der Waals surface area contributed by atoms with Crippen LogP contribution >= 0.6 is 0 Å². The van der Waals surface area contributed by atoms with Crippen LogP contribution in [0.5, 0.6) is 17.2 Å². The highest BCUT2D eigenvalue weighted by atomic mass is 16.6. The third-order valence-corrected chi connectivity index (χ3v) is 4.26. The third-order valence-electron chi connectivity index (χ3n) is 4.26. The summed E-state index contributed by atoms with van der Waals surface area (Å²) in [6.07, 6.45) is 1.94. The van der Waals surface area contributed by atoms with Gasteiger partial charge in [-0.05, 0) is 42.8 Å². The smallest absolute Gasteiger partial charge is 0.253 e. The molecular formula is C21H25NO4. The van der Waals surface area contributed by atoms with Crippen LogP contribution in [0.4, 0.5) is 0 Å². The predicted molar refractivity (Wildman–Crippen MR) is 100 cm³/mol. The van der Waals surface area contributed by atoms with Crippen molar-refractivity contribution >= 4 is 5.91 Å². The summed E-state index contributed by atoms with van der Waals surface area (Å²) in [6.45, 7) is 3.71. The lowest BCUT2D eigenvalue weighted by molar-refractivity contribution is 0.0521. The first-order chi connectivity index (χ1) is 12.7. The predicted octanol–water partition coefficient (Wildman–Crippen LogP) is 3.78. The third kappa shape index (κ3) is 4.48. The van der Waals surface area contributed by atoms with E-state index in [1.807, 2.05) is 36.4 Å². The fraction of sp³-hybridized carbons (Fsp3) is 0.381. The normalized spacial score (nSPS) is 15.4. The van der Waals surface area contributed by atoms with Crippen molar-refractivity contribution in [2.45, 2.75) is 25.9 Å². The van der Waals surface area contributed by atoms with E-state index < -0.39 is 0 Å². The first kappa shape index (κ1) is 18.1. The lowest BCUT2D eigenvalue weighted by Crippen LogP contribution is -2.41. The summed E-state index contributed by atoms with van der Waals surface area (Å²) in [4.78, 5) is 14.3. The van der Waals surface area contributed by atoms with Gasteiger partial charge < -0.3 is 19.1 Å². The van der Waals surface area contributed by atoms with Crippen LogP contribution in [0, 0.1) is 0 Å². The van der Waals surface area contributed by atoms with Crippen molar-refractivity contribution in [1.29, 1.82) is 0 Å². The molecule has 0 aromatic heterocycles. The van der Waals surface area contributed by atoms with E-state index in [1.54, 1.807) is 24.1 Å². The molecule has 1 aliphatic rings. The molecule has 1 amide bonds. The average molecular weight is 355 g/mol. The van der Waals surface area contributed by atoms with Gasteiger partial charge in [-0.25, -0.2) is 0 Å². The molecule has 1 atom stereocenters. The second kappa shape index (κ2) is 8.61. The molecule has 2 aromatic rings. The van der Waals surface area contributed by atoms with Gasteiger partial charge in [-0.15, -0.1) is 0 Å². The van der Waals surface area contributed by atoms with E-state index in [2.05, 4.69) is 6.92 Å². The molecule has 0 aliphatic carbocycles. The zero-order valence-corrected chi connectivity index (χ0v) is 15.3. The van der Waals surface area contributed by atoms with Gasteiger partial charge in [0.25, 0.3) is 5.91 Å². The molecule has 0 bridgehead atoms. The van der Waals surface area contributed by atoms with Crippen molar-refractivity contribution in [1.82, 2.24) is 4.90 Å². The Morgan fingerprint density at radius 3 is 2.62 bits per heavy atom. The molecule has 2 aromatic carbocycles. The van der Waals surface area contributed by atoms with Crippen LogP contribution in [0.15, 0.2) is 48.5 Å². The van der Waals surface area contributed by atoms with Crippen LogP contribution in [0.2, 0.25) is 0 Å². The standard InChI is InChI=1S/C21H25NO4/c1-3-4-13-24-17-11-9-16(10-12-17)21(23)22(2)14-18-15-25-19-7-5-6-8-20(19)26-18/h5-12,18H,3-4,13-15H2,1-2H3. The second-order valence-electron chi connectivity index (χ2n) is 6.41. The molecule has 138 valence electrons. The van der Waals surface area contributed by atoms with Gasteiger partial charge in [-0.1, -0.05) is 25.5 Å². The van der Waals surface area contributed by atoms with Gasteiger partial charge in [0.15, 0.2) is 17.6 Å². The number of hydrogen-bond acceptors (Lipinski definition) is 4. The summed E-state index contributed by atoms with van der Waals surface area (Å²) < 4.78 is 17.3. The number of carbonyl (C=O) groups excluding carboxylic acids is 1. The lowest BCUT2D eigenvalue weighted by Gasteiger charge is -2.29. The topological polar surface area (TPSA) is 48.0 Å². The molecule has 5 nitrogen and oxygen atoms in total. The SMILES string of the molecule is CCCCOc1ccc(C(=O)N(C)CC2COc3ccccc3O2)cc1. The number of ether oxygens (including phenoxy) is 3. The van der Waals surface area contributed by atoms with Crippen LogP contribution in [-0.2, 0) is 0 Å². The van der Waals surface area contributed by atoms with Crippen LogP contribution in [0.3, 0.4) is 0 Å². The van der Waals surface area contributed by atoms with Gasteiger partial charge >= 0.3 is 0 Å². The molecule has 0 spiro atoms. The Labute approximate surface area is 154 Å². The Balaban J connectivity index is 1.55. The highest BCUT2D eigenvalue weighted by molar-refractivity contribution is 5.94. The van der Waals surface area contributed by atoms with Gasteiger partial charge in [0.2, 0.25) is 0 Å². The monoisotopic (exact) mass is 355 g/mol. The molecule has 0 N–H and O–H groups in total. The number of carbonyl (C=O) groups is 1. The van der Waals surface area contributed by atoms with Crippen molar-refractivity contribution < 1.29 is 19.0 Å². The number of hydrogen-bond donors (Lipinski definition) is 0. The number of benzene rings is 2. The Kier molecular flexibility index (Phi) is 6.00. The molecule has 0 saturated heterocycles. The first-order valence-corrected chi connectivity index (χ1v) is 9.04. The van der Waals surface area contributed by atoms with E-state index >= 15 is 0 Å². The maximum Gasteiger partial charge on any atom is 0.253 e. The lowest BCUT2D eigenvalue weighted by atomic mass is 10.2. The fourth-order valence-corrected chi connectivity index (χ4v) is 2.79. The minimum atomic E-state index is -0.185. The van der Waals surface area contributed by atoms with Crippen LogP contribution in [0.1, 0.15) is 30.1 Å². The maximum atomic E-state index is 12.6. The number of rotatable bonds is 7. The first-order valence-electron chi connectivity index (χ1n) is 9.04. The molecule has 1 unspecified atom stereocenters. The molecule has 26 heavy (non-hydrogen) atoms. The van der Waals surface area contributed by atoms with Crippen molar-refractivity contribution in [2.24, 2.45) is 0 Å². The Morgan fingerprint density at radius 2 is 1.88 bits per heavy atom. The van der Waals surface area contributed by atoms with E-state index in [0.29, 0.717) is 25.3 Å². The minimum Gasteiger partial charge on any atom is -0.494 e. The van der Waals surface area contributed by atoms with Crippen molar-refractivity contribution in [3.63, 3.8) is 0 Å². The summed E-state index contributed by atoms with van der Waals surface area (Å²) >= 11 is 0. The molecular weight excluding hydrogens is 330 g/mol. The van der Waals surface area contributed by atoms with Gasteiger partial charge in [-0.3, -0.25) is 4.79 Å². The average Bonchev–Trinajstić information content (AvgIpc) is 2.68. The Hall–Kier alpha value is -2.69. The number of unbranched alkanes of at least 4 members (excludes halogenated alkanes) is 1. The summed E-state index contributed by atoms with van der Waals surface area (Å²) in [6, 6.07) is 14.9. The Morgan fingerprint density at radius 1 is 1.15 bits per heavy atom. The summed E-state index contributed by atoms with van der Waals surface area (Å²) in [5.41, 5.74) is 0.632. The Bertz CT molecular complexity index is 729. The van der Waals surface area contributed by atoms with E-state index in [-0.39, 0.29) is 12.0 Å². The molecule has 5 heteroatoms. The highest BCUT2D eigenvalue weighted by Crippen LogP contribution is 2.31. The summed E-state index contributed by atoms with van der Waals surface area (Å²) in [7, 11) is 1.78. The molecule has 1 aliphatic heterocycles. The van der Waals surface area contributed by atoms with Crippen LogP contribution < -0.4 is 14.2 Å². The fourth-order valence-electron chi connectivity index (χ4n) is 2.79. The largest absolute Gasteiger partial charge is 0.494 e. The van der Waals surface area contributed by atoms with Gasteiger partial charge in [0.05, 0.1) is 13.2 Å². The zero-order valence-electron chi connectivity index (χ0n) is 15.3. The number of nitrogens with zero attached hydrogens (tertiary/aromatic N) is 1. The maximum absolute atomic E-state index is 12.6. The number of fused-ring (bicyclic) bond motifs is 1. The van der Waals surface area contributed by atoms with Crippen LogP contribution in [0.25, 0.3) is 0 Å². The van der Waals surface area contributed by atoms with Crippen molar-refractivity contribution in [3.05, 3.63) is 54.1 Å². The number of amides is 1. The highest BCUT2D eigenvalue weighted by Gasteiger charge is 2.24. The molecule has 3 rings (SSSR count). The van der Waals surface area contributed by atoms with Crippen molar-refractivity contribution in [3.8, 4) is 17.2 Å². The zero-order chi connectivity index (χ0) is 18.4. The van der Waals surface area contributed by atoms with E-state index in [4.69, 9.17) is 14.2 Å². The molecule has 0 radical (unpaired) electrons. The summed E-state index contributed by atoms with van der Waals surface area (Å²) in [5, 5.41) is 0. The minimum absolute atomic E-state index is 0.0485. The van der Waals surface area contributed by atoms with E-state index in [0.717, 1.165) is 30.1 Å². The molecule has 0 saturated carbocycles.